The smallest absolute Gasteiger partial charge is 0.119 e. The molecule has 0 spiro atoms. The second-order valence-electron chi connectivity index (χ2n) is 9.71. The number of aliphatic hydroxyl groups is 2. The highest BCUT2D eigenvalue weighted by Crippen LogP contribution is 2.46. The van der Waals surface area contributed by atoms with Gasteiger partial charge in [0.25, 0.3) is 0 Å². The van der Waals surface area contributed by atoms with E-state index < -0.39 is 0 Å². The van der Waals surface area contributed by atoms with Crippen molar-refractivity contribution in [3.63, 3.8) is 0 Å². The SMILES string of the molecule is CCCCCCC(C)(C)c1ccc([C@@H]2C[C@H](O)C[C@H](C)[C@H]2CCCO)c(O)c1. The Morgan fingerprint density at radius 3 is 2.46 bits per heavy atom. The number of hydrogen-bond donors (Lipinski definition) is 3. The van der Waals surface area contributed by atoms with E-state index in [2.05, 4.69) is 39.8 Å². The highest BCUT2D eigenvalue weighted by atomic mass is 16.3. The van der Waals surface area contributed by atoms with Gasteiger partial charge in [-0.25, -0.2) is 0 Å². The third kappa shape index (κ3) is 5.97. The van der Waals surface area contributed by atoms with Gasteiger partial charge in [-0.3, -0.25) is 0 Å². The molecule has 1 saturated carbocycles. The average molecular weight is 391 g/mol. The van der Waals surface area contributed by atoms with E-state index in [1.165, 1.54) is 31.2 Å². The summed E-state index contributed by atoms with van der Waals surface area (Å²) in [6, 6.07) is 6.24. The summed E-state index contributed by atoms with van der Waals surface area (Å²) in [5, 5.41) is 30.5. The van der Waals surface area contributed by atoms with E-state index in [-0.39, 0.29) is 24.0 Å². The number of benzene rings is 1. The first-order chi connectivity index (χ1) is 13.3. The van der Waals surface area contributed by atoms with Crippen LogP contribution in [0.4, 0.5) is 0 Å². The van der Waals surface area contributed by atoms with Crippen molar-refractivity contribution < 1.29 is 15.3 Å². The molecule has 1 aromatic rings. The lowest BCUT2D eigenvalue weighted by atomic mass is 9.67. The molecule has 2 rings (SSSR count). The molecule has 0 aliphatic heterocycles. The fourth-order valence-electron chi connectivity index (χ4n) is 5.15. The lowest BCUT2D eigenvalue weighted by Crippen LogP contribution is -2.33. The maximum atomic E-state index is 10.9. The van der Waals surface area contributed by atoms with Crippen molar-refractivity contribution in [1.29, 1.82) is 0 Å². The first kappa shape index (κ1) is 23.2. The van der Waals surface area contributed by atoms with Crippen molar-refractivity contribution in [1.82, 2.24) is 0 Å². The van der Waals surface area contributed by atoms with Crippen molar-refractivity contribution >= 4 is 0 Å². The Morgan fingerprint density at radius 2 is 1.82 bits per heavy atom. The second kappa shape index (κ2) is 10.6. The van der Waals surface area contributed by atoms with Crippen molar-refractivity contribution in [2.75, 3.05) is 6.61 Å². The van der Waals surface area contributed by atoms with Crippen LogP contribution in [0.5, 0.6) is 5.75 Å². The molecule has 0 saturated heterocycles. The third-order valence-electron chi connectivity index (χ3n) is 6.98. The summed E-state index contributed by atoms with van der Waals surface area (Å²) in [5.41, 5.74) is 2.22. The fourth-order valence-corrected chi connectivity index (χ4v) is 5.15. The minimum Gasteiger partial charge on any atom is -0.508 e. The molecule has 1 aliphatic rings. The molecule has 0 heterocycles. The molecule has 4 atom stereocenters. The van der Waals surface area contributed by atoms with Crippen LogP contribution in [0, 0.1) is 11.8 Å². The van der Waals surface area contributed by atoms with Gasteiger partial charge in [0.1, 0.15) is 5.75 Å². The first-order valence-electron chi connectivity index (χ1n) is 11.4. The van der Waals surface area contributed by atoms with Gasteiger partial charge >= 0.3 is 0 Å². The number of rotatable bonds is 10. The van der Waals surface area contributed by atoms with Gasteiger partial charge in [0, 0.05) is 6.61 Å². The van der Waals surface area contributed by atoms with E-state index in [9.17, 15) is 15.3 Å². The monoisotopic (exact) mass is 390 g/mol. The number of hydrogen-bond acceptors (Lipinski definition) is 3. The molecule has 1 fully saturated rings. The van der Waals surface area contributed by atoms with Gasteiger partial charge in [0.15, 0.2) is 0 Å². The zero-order valence-corrected chi connectivity index (χ0v) is 18.5. The predicted octanol–water partition coefficient (Wildman–Crippen LogP) is 5.90. The summed E-state index contributed by atoms with van der Waals surface area (Å²) in [6.45, 7) is 9.17. The van der Waals surface area contributed by atoms with Gasteiger partial charge in [-0.2, -0.15) is 0 Å². The highest BCUT2D eigenvalue weighted by Gasteiger charge is 2.36. The molecule has 0 amide bonds. The molecule has 0 unspecified atom stereocenters. The lowest BCUT2D eigenvalue weighted by molar-refractivity contribution is 0.0529. The Morgan fingerprint density at radius 1 is 1.07 bits per heavy atom. The minimum absolute atomic E-state index is 0.0550. The van der Waals surface area contributed by atoms with Crippen molar-refractivity contribution in [3.05, 3.63) is 29.3 Å². The van der Waals surface area contributed by atoms with Crippen LogP contribution in [0.25, 0.3) is 0 Å². The van der Waals surface area contributed by atoms with Crippen molar-refractivity contribution in [2.24, 2.45) is 11.8 Å². The molecule has 3 heteroatoms. The molecule has 0 bridgehead atoms. The number of phenolic OH excluding ortho intramolecular Hbond substituents is 1. The summed E-state index contributed by atoms with van der Waals surface area (Å²) >= 11 is 0. The van der Waals surface area contributed by atoms with E-state index >= 15 is 0 Å². The molecule has 28 heavy (non-hydrogen) atoms. The Balaban J connectivity index is 2.18. The Hall–Kier alpha value is -1.06. The van der Waals surface area contributed by atoms with Crippen molar-refractivity contribution in [2.45, 2.75) is 103 Å². The largest absolute Gasteiger partial charge is 0.508 e. The van der Waals surface area contributed by atoms with Gasteiger partial charge in [-0.15, -0.1) is 0 Å². The van der Waals surface area contributed by atoms with Gasteiger partial charge < -0.3 is 15.3 Å². The normalized spacial score (nSPS) is 25.8. The Labute approximate surface area is 172 Å². The van der Waals surface area contributed by atoms with Crippen LogP contribution in [-0.2, 0) is 5.41 Å². The van der Waals surface area contributed by atoms with E-state index in [0.717, 1.165) is 31.2 Å². The maximum absolute atomic E-state index is 10.9. The summed E-state index contributed by atoms with van der Waals surface area (Å²) in [6.07, 6.45) is 9.10. The zero-order chi connectivity index (χ0) is 20.7. The van der Waals surface area contributed by atoms with Gasteiger partial charge in [-0.1, -0.05) is 65.5 Å². The summed E-state index contributed by atoms with van der Waals surface area (Å²) in [7, 11) is 0. The number of phenols is 1. The van der Waals surface area contributed by atoms with E-state index in [1.807, 2.05) is 6.07 Å². The van der Waals surface area contributed by atoms with Crippen LogP contribution >= 0.6 is 0 Å². The van der Waals surface area contributed by atoms with Gasteiger partial charge in [0.2, 0.25) is 0 Å². The fraction of sp³-hybridized carbons (Fsp3) is 0.760. The third-order valence-corrected chi connectivity index (χ3v) is 6.98. The topological polar surface area (TPSA) is 60.7 Å². The highest BCUT2D eigenvalue weighted by molar-refractivity contribution is 5.42. The average Bonchev–Trinajstić information content (AvgIpc) is 2.64. The van der Waals surface area contributed by atoms with Crippen LogP contribution < -0.4 is 0 Å². The number of aliphatic hydroxyl groups excluding tert-OH is 2. The molecule has 1 aliphatic carbocycles. The molecule has 0 radical (unpaired) electrons. The second-order valence-corrected chi connectivity index (χ2v) is 9.71. The summed E-state index contributed by atoms with van der Waals surface area (Å²) < 4.78 is 0. The molecular weight excluding hydrogens is 348 g/mol. The van der Waals surface area contributed by atoms with E-state index in [0.29, 0.717) is 24.0 Å². The molecule has 1 aromatic carbocycles. The molecule has 160 valence electrons. The van der Waals surface area contributed by atoms with Crippen LogP contribution in [-0.4, -0.2) is 28.0 Å². The Kier molecular flexibility index (Phi) is 8.82. The summed E-state index contributed by atoms with van der Waals surface area (Å²) in [4.78, 5) is 0. The lowest BCUT2D eigenvalue weighted by Gasteiger charge is -2.40. The van der Waals surface area contributed by atoms with Crippen LogP contribution in [0.15, 0.2) is 18.2 Å². The minimum atomic E-state index is -0.306. The van der Waals surface area contributed by atoms with Crippen LogP contribution in [0.3, 0.4) is 0 Å². The van der Waals surface area contributed by atoms with Gasteiger partial charge in [-0.05, 0) is 72.5 Å². The van der Waals surface area contributed by atoms with Gasteiger partial charge in [0.05, 0.1) is 6.10 Å². The zero-order valence-electron chi connectivity index (χ0n) is 18.5. The van der Waals surface area contributed by atoms with Crippen LogP contribution in [0.2, 0.25) is 0 Å². The standard InChI is InChI=1S/C25H42O3/c1-5-6-7-8-13-25(3,4)19-11-12-22(24(28)16-19)23-17-20(27)15-18(2)21(23)10-9-14-26/h11-12,16,18,20-21,23,26-28H,5-10,13-15,17H2,1-4H3/t18-,20+,21+,23+/m0/s1. The molecule has 3 N–H and O–H groups in total. The molecule has 3 nitrogen and oxygen atoms in total. The quantitative estimate of drug-likeness (QED) is 0.436. The Bertz CT molecular complexity index is 595. The summed E-state index contributed by atoms with van der Waals surface area (Å²) in [5.74, 6) is 1.33. The first-order valence-corrected chi connectivity index (χ1v) is 11.4. The molecule has 0 aromatic heterocycles. The predicted molar refractivity (Wildman–Crippen MR) is 117 cm³/mol. The van der Waals surface area contributed by atoms with Crippen molar-refractivity contribution in [3.8, 4) is 5.75 Å². The number of unbranched alkanes of at least 4 members (excludes halogenated alkanes) is 3. The number of aromatic hydroxyl groups is 1. The van der Waals surface area contributed by atoms with E-state index in [1.54, 1.807) is 0 Å². The van der Waals surface area contributed by atoms with E-state index in [4.69, 9.17) is 0 Å². The molecular formula is C25H42O3. The maximum Gasteiger partial charge on any atom is 0.119 e. The van der Waals surface area contributed by atoms with Crippen LogP contribution in [0.1, 0.15) is 103 Å².